The highest BCUT2D eigenvalue weighted by atomic mass is 32.2. The SMILES string of the molecule is CS(=O)(=O)c1ccc(C#Cc2ccc(OC3NNNC3C(=O)O)cc2F)cc1. The van der Waals surface area contributed by atoms with Crippen LogP contribution < -0.4 is 21.1 Å². The van der Waals surface area contributed by atoms with Crippen LogP contribution in [0.15, 0.2) is 47.4 Å². The van der Waals surface area contributed by atoms with E-state index in [0.717, 1.165) is 12.3 Å². The van der Waals surface area contributed by atoms with E-state index in [1.54, 1.807) is 0 Å². The molecule has 0 bridgehead atoms. The van der Waals surface area contributed by atoms with E-state index in [2.05, 4.69) is 28.2 Å². The topological polar surface area (TPSA) is 117 Å². The van der Waals surface area contributed by atoms with Gasteiger partial charge in [-0.25, -0.2) is 23.7 Å². The molecule has 0 amide bonds. The second-order valence-electron chi connectivity index (χ2n) is 5.96. The van der Waals surface area contributed by atoms with Crippen molar-refractivity contribution in [2.24, 2.45) is 0 Å². The van der Waals surface area contributed by atoms with E-state index >= 15 is 0 Å². The van der Waals surface area contributed by atoms with Crippen molar-refractivity contribution in [2.45, 2.75) is 17.2 Å². The second-order valence-corrected chi connectivity index (χ2v) is 7.97. The Morgan fingerprint density at radius 3 is 2.46 bits per heavy atom. The van der Waals surface area contributed by atoms with Crippen LogP contribution in [0.25, 0.3) is 0 Å². The Morgan fingerprint density at radius 1 is 1.14 bits per heavy atom. The second kappa shape index (κ2) is 7.95. The average Bonchev–Trinajstić information content (AvgIpc) is 3.09. The first-order chi connectivity index (χ1) is 13.2. The number of carboxylic acids is 1. The van der Waals surface area contributed by atoms with Crippen molar-refractivity contribution in [1.29, 1.82) is 0 Å². The van der Waals surface area contributed by atoms with Gasteiger partial charge in [-0.2, -0.15) is 5.53 Å². The maximum Gasteiger partial charge on any atom is 0.327 e. The van der Waals surface area contributed by atoms with Gasteiger partial charge in [-0.15, -0.1) is 0 Å². The molecule has 28 heavy (non-hydrogen) atoms. The fourth-order valence-electron chi connectivity index (χ4n) is 2.38. The van der Waals surface area contributed by atoms with Gasteiger partial charge in [0.2, 0.25) is 0 Å². The monoisotopic (exact) mass is 405 g/mol. The van der Waals surface area contributed by atoms with Crippen molar-refractivity contribution in [3.05, 3.63) is 59.4 Å². The molecule has 0 aliphatic carbocycles. The van der Waals surface area contributed by atoms with Gasteiger partial charge in [0.05, 0.1) is 10.5 Å². The maximum atomic E-state index is 14.3. The van der Waals surface area contributed by atoms with Crippen LogP contribution >= 0.6 is 0 Å². The van der Waals surface area contributed by atoms with Gasteiger partial charge in [-0.3, -0.25) is 4.79 Å². The van der Waals surface area contributed by atoms with E-state index in [-0.39, 0.29) is 16.2 Å². The highest BCUT2D eigenvalue weighted by Crippen LogP contribution is 2.18. The molecular weight excluding hydrogens is 389 g/mol. The molecule has 0 spiro atoms. The Kier molecular flexibility index (Phi) is 5.62. The molecule has 1 aliphatic heterocycles. The fourth-order valence-corrected chi connectivity index (χ4v) is 3.01. The number of aliphatic carboxylic acids is 1. The lowest BCUT2D eigenvalue weighted by atomic mass is 10.1. The number of hydrogen-bond donors (Lipinski definition) is 4. The number of ether oxygens (including phenoxy) is 1. The van der Waals surface area contributed by atoms with Crippen LogP contribution in [0.5, 0.6) is 5.75 Å². The summed E-state index contributed by atoms with van der Waals surface area (Å²) in [7, 11) is -3.29. The third-order valence-electron chi connectivity index (χ3n) is 3.84. The third kappa shape index (κ3) is 4.65. The molecule has 8 nitrogen and oxygen atoms in total. The van der Waals surface area contributed by atoms with Gasteiger partial charge in [0.1, 0.15) is 11.6 Å². The molecule has 0 aromatic heterocycles. The summed E-state index contributed by atoms with van der Waals surface area (Å²) >= 11 is 0. The molecule has 1 saturated heterocycles. The highest BCUT2D eigenvalue weighted by Gasteiger charge is 2.34. The van der Waals surface area contributed by atoms with E-state index in [4.69, 9.17) is 9.84 Å². The summed E-state index contributed by atoms with van der Waals surface area (Å²) in [6, 6.07) is 8.89. The molecule has 0 saturated carbocycles. The van der Waals surface area contributed by atoms with Crippen LogP contribution in [0.4, 0.5) is 4.39 Å². The molecule has 146 valence electrons. The van der Waals surface area contributed by atoms with Crippen molar-refractivity contribution < 1.29 is 27.4 Å². The Morgan fingerprint density at radius 2 is 1.86 bits per heavy atom. The summed E-state index contributed by atoms with van der Waals surface area (Å²) in [6.07, 6.45) is 0.181. The van der Waals surface area contributed by atoms with Gasteiger partial charge in [0.15, 0.2) is 22.1 Å². The van der Waals surface area contributed by atoms with Gasteiger partial charge in [-0.05, 0) is 36.4 Å². The minimum absolute atomic E-state index is 0.116. The number of carbonyl (C=O) groups is 1. The van der Waals surface area contributed by atoms with Crippen LogP contribution in [-0.4, -0.2) is 38.0 Å². The molecule has 2 unspecified atom stereocenters. The zero-order valence-corrected chi connectivity index (χ0v) is 15.4. The number of benzene rings is 2. The molecule has 2 aromatic rings. The third-order valence-corrected chi connectivity index (χ3v) is 4.97. The quantitative estimate of drug-likeness (QED) is 0.540. The summed E-state index contributed by atoms with van der Waals surface area (Å²) in [5.41, 5.74) is 8.13. The molecule has 1 aliphatic rings. The van der Waals surface area contributed by atoms with E-state index in [0.29, 0.717) is 5.56 Å². The summed E-state index contributed by atoms with van der Waals surface area (Å²) in [5.74, 6) is 3.80. The van der Waals surface area contributed by atoms with Crippen LogP contribution in [0.3, 0.4) is 0 Å². The number of rotatable bonds is 4. The average molecular weight is 405 g/mol. The summed E-state index contributed by atoms with van der Waals surface area (Å²) in [5, 5.41) is 9.05. The zero-order valence-electron chi connectivity index (χ0n) is 14.6. The van der Waals surface area contributed by atoms with E-state index in [1.807, 2.05) is 0 Å². The molecule has 2 aromatic carbocycles. The maximum absolute atomic E-state index is 14.3. The van der Waals surface area contributed by atoms with Crippen molar-refractivity contribution in [3.8, 4) is 17.6 Å². The first kappa shape index (κ1) is 19.8. The Balaban J connectivity index is 1.73. The smallest absolute Gasteiger partial charge is 0.327 e. The minimum atomic E-state index is -3.29. The fraction of sp³-hybridized carbons (Fsp3) is 0.167. The zero-order chi connectivity index (χ0) is 20.3. The lowest BCUT2D eigenvalue weighted by Gasteiger charge is -2.16. The number of hydrogen-bond acceptors (Lipinski definition) is 7. The van der Waals surface area contributed by atoms with Crippen molar-refractivity contribution in [1.82, 2.24) is 16.4 Å². The van der Waals surface area contributed by atoms with E-state index in [9.17, 15) is 17.6 Å². The number of halogens is 1. The van der Waals surface area contributed by atoms with Crippen LogP contribution in [0, 0.1) is 17.7 Å². The van der Waals surface area contributed by atoms with Crippen molar-refractivity contribution in [3.63, 3.8) is 0 Å². The highest BCUT2D eigenvalue weighted by molar-refractivity contribution is 7.90. The number of hydrazine groups is 2. The molecular formula is C18H16FN3O5S. The standard InChI is InChI=1S/C18H16FN3O5S/c1-28(25,26)14-8-3-11(4-9-14)2-5-12-6-7-13(10-15(12)19)27-17-16(18(23)24)20-22-21-17/h3-4,6-10,16-17,20-22H,1H3,(H,23,24). The molecule has 1 heterocycles. The summed E-state index contributed by atoms with van der Waals surface area (Å²) in [6.45, 7) is 0. The number of sulfone groups is 1. The number of nitrogens with one attached hydrogen (secondary N) is 3. The predicted octanol–water partition coefficient (Wildman–Crippen LogP) is 0.400. The Bertz CT molecular complexity index is 1060. The van der Waals surface area contributed by atoms with Crippen LogP contribution in [0.2, 0.25) is 0 Å². The van der Waals surface area contributed by atoms with Crippen LogP contribution in [-0.2, 0) is 14.6 Å². The van der Waals surface area contributed by atoms with Crippen molar-refractivity contribution in [2.75, 3.05) is 6.26 Å². The van der Waals surface area contributed by atoms with Crippen LogP contribution in [0.1, 0.15) is 11.1 Å². The van der Waals surface area contributed by atoms with Gasteiger partial charge < -0.3 is 9.84 Å². The van der Waals surface area contributed by atoms with Gasteiger partial charge in [-0.1, -0.05) is 11.8 Å². The molecule has 4 N–H and O–H groups in total. The largest absolute Gasteiger partial charge is 0.480 e. The molecule has 0 radical (unpaired) electrons. The summed E-state index contributed by atoms with van der Waals surface area (Å²) < 4.78 is 42.6. The minimum Gasteiger partial charge on any atom is -0.480 e. The van der Waals surface area contributed by atoms with E-state index < -0.39 is 33.9 Å². The molecule has 2 atom stereocenters. The van der Waals surface area contributed by atoms with E-state index in [1.165, 1.54) is 36.4 Å². The molecule has 10 heteroatoms. The predicted molar refractivity (Wildman–Crippen MR) is 97.2 cm³/mol. The van der Waals surface area contributed by atoms with Gasteiger partial charge in [0, 0.05) is 17.9 Å². The normalized spacial score (nSPS) is 18.9. The van der Waals surface area contributed by atoms with Crippen molar-refractivity contribution >= 4 is 15.8 Å². The Hall–Kier alpha value is -2.97. The first-order valence-electron chi connectivity index (χ1n) is 8.01. The molecule has 1 fully saturated rings. The Labute approximate surface area is 160 Å². The number of carboxylic acid groups (broad SMARTS) is 1. The lowest BCUT2D eigenvalue weighted by Crippen LogP contribution is -2.44. The molecule has 3 rings (SSSR count). The first-order valence-corrected chi connectivity index (χ1v) is 9.90. The lowest BCUT2D eigenvalue weighted by molar-refractivity contribution is -0.141. The summed E-state index contributed by atoms with van der Waals surface area (Å²) in [4.78, 5) is 11.2. The van der Waals surface area contributed by atoms with Gasteiger partial charge >= 0.3 is 5.97 Å². The van der Waals surface area contributed by atoms with Gasteiger partial charge in [0.25, 0.3) is 0 Å².